The maximum atomic E-state index is 12.4. The molecule has 5 nitrogen and oxygen atoms in total. The lowest BCUT2D eigenvalue weighted by atomic mass is 10.0. The highest BCUT2D eigenvalue weighted by atomic mass is 16.5. The van der Waals surface area contributed by atoms with Gasteiger partial charge in [0.25, 0.3) is 5.91 Å². The number of carbonyl (C=O) groups excluding carboxylic acids is 2. The Kier molecular flexibility index (Phi) is 3.44. The number of amides is 1. The number of methoxy groups -OCH3 is 1. The van der Waals surface area contributed by atoms with Crippen LogP contribution in [0.5, 0.6) is 0 Å². The number of nitrogens with one attached hydrogen (secondary N) is 1. The lowest BCUT2D eigenvalue weighted by molar-refractivity contribution is 0.0600. The normalized spacial score (nSPS) is 24.6. The van der Waals surface area contributed by atoms with Crippen molar-refractivity contribution in [1.29, 1.82) is 0 Å². The first-order valence-corrected chi connectivity index (χ1v) is 6.87. The van der Waals surface area contributed by atoms with Crippen molar-refractivity contribution in [2.75, 3.05) is 33.3 Å². The molecule has 0 saturated carbocycles. The van der Waals surface area contributed by atoms with E-state index >= 15 is 0 Å². The van der Waals surface area contributed by atoms with Gasteiger partial charge in [0.1, 0.15) is 0 Å². The van der Waals surface area contributed by atoms with Gasteiger partial charge in [-0.3, -0.25) is 4.79 Å². The number of esters is 1. The van der Waals surface area contributed by atoms with Crippen LogP contribution in [0, 0.1) is 11.8 Å². The Hall–Kier alpha value is -1.88. The van der Waals surface area contributed by atoms with Crippen molar-refractivity contribution in [1.82, 2.24) is 10.2 Å². The van der Waals surface area contributed by atoms with E-state index in [0.29, 0.717) is 23.0 Å². The number of fused-ring (bicyclic) bond motifs is 1. The molecule has 1 aromatic carbocycles. The lowest BCUT2D eigenvalue weighted by Gasteiger charge is -2.17. The van der Waals surface area contributed by atoms with Crippen molar-refractivity contribution in [2.24, 2.45) is 11.8 Å². The number of ether oxygens (including phenoxy) is 1. The maximum Gasteiger partial charge on any atom is 0.337 e. The Morgan fingerprint density at radius 1 is 1.10 bits per heavy atom. The Balaban J connectivity index is 1.70. The molecule has 0 spiro atoms. The molecular formula is C15H18N2O3. The van der Waals surface area contributed by atoms with Crippen LogP contribution in [0.25, 0.3) is 0 Å². The third-order valence-electron chi connectivity index (χ3n) is 4.23. The van der Waals surface area contributed by atoms with Crippen LogP contribution in [-0.2, 0) is 4.74 Å². The van der Waals surface area contributed by atoms with Crippen LogP contribution < -0.4 is 5.32 Å². The summed E-state index contributed by atoms with van der Waals surface area (Å²) in [6.07, 6.45) is 0. The molecular weight excluding hydrogens is 256 g/mol. The zero-order chi connectivity index (χ0) is 14.1. The van der Waals surface area contributed by atoms with Crippen molar-refractivity contribution in [3.63, 3.8) is 0 Å². The fourth-order valence-corrected chi connectivity index (χ4v) is 3.07. The molecule has 1 N–H and O–H groups in total. The average molecular weight is 274 g/mol. The third-order valence-corrected chi connectivity index (χ3v) is 4.23. The monoisotopic (exact) mass is 274 g/mol. The van der Waals surface area contributed by atoms with Gasteiger partial charge in [0.2, 0.25) is 0 Å². The molecule has 2 atom stereocenters. The largest absolute Gasteiger partial charge is 0.465 e. The number of likely N-dealkylation sites (tertiary alicyclic amines) is 1. The predicted octanol–water partition coefficient (Wildman–Crippen LogP) is 0.765. The van der Waals surface area contributed by atoms with Crippen LogP contribution in [0.2, 0.25) is 0 Å². The molecule has 3 rings (SSSR count). The third kappa shape index (κ3) is 2.29. The van der Waals surface area contributed by atoms with Crippen molar-refractivity contribution in [2.45, 2.75) is 0 Å². The minimum absolute atomic E-state index is 0.0517. The molecule has 106 valence electrons. The van der Waals surface area contributed by atoms with Gasteiger partial charge < -0.3 is 15.0 Å². The number of hydrogen-bond donors (Lipinski definition) is 1. The Morgan fingerprint density at radius 2 is 1.65 bits per heavy atom. The van der Waals surface area contributed by atoms with Gasteiger partial charge in [0, 0.05) is 31.7 Å². The maximum absolute atomic E-state index is 12.4. The van der Waals surface area contributed by atoms with E-state index in [1.807, 2.05) is 4.90 Å². The number of carbonyl (C=O) groups is 2. The molecule has 5 heteroatoms. The van der Waals surface area contributed by atoms with E-state index in [4.69, 9.17) is 0 Å². The molecule has 2 aliphatic rings. The molecule has 2 heterocycles. The molecule has 0 aromatic heterocycles. The Labute approximate surface area is 117 Å². The second-order valence-corrected chi connectivity index (χ2v) is 5.46. The first-order valence-electron chi connectivity index (χ1n) is 6.87. The van der Waals surface area contributed by atoms with Crippen molar-refractivity contribution in [3.05, 3.63) is 35.4 Å². The van der Waals surface area contributed by atoms with Gasteiger partial charge in [0.15, 0.2) is 0 Å². The highest BCUT2D eigenvalue weighted by Crippen LogP contribution is 2.27. The van der Waals surface area contributed by atoms with Gasteiger partial charge in [-0.2, -0.15) is 0 Å². The summed E-state index contributed by atoms with van der Waals surface area (Å²) >= 11 is 0. The molecule has 1 aromatic rings. The zero-order valence-corrected chi connectivity index (χ0v) is 11.5. The van der Waals surface area contributed by atoms with Crippen molar-refractivity contribution in [3.8, 4) is 0 Å². The topological polar surface area (TPSA) is 58.6 Å². The van der Waals surface area contributed by atoms with E-state index in [1.165, 1.54) is 7.11 Å². The van der Waals surface area contributed by atoms with Gasteiger partial charge in [0.05, 0.1) is 12.7 Å². The lowest BCUT2D eigenvalue weighted by Crippen LogP contribution is -2.31. The van der Waals surface area contributed by atoms with Crippen molar-refractivity contribution >= 4 is 11.9 Å². The fraction of sp³-hybridized carbons (Fsp3) is 0.467. The van der Waals surface area contributed by atoms with E-state index in [-0.39, 0.29) is 11.9 Å². The van der Waals surface area contributed by atoms with Crippen LogP contribution in [0.4, 0.5) is 0 Å². The first kappa shape index (κ1) is 13.1. The van der Waals surface area contributed by atoms with Crippen LogP contribution in [0.15, 0.2) is 24.3 Å². The van der Waals surface area contributed by atoms with E-state index < -0.39 is 0 Å². The minimum atomic E-state index is -0.384. The molecule has 0 aliphatic carbocycles. The summed E-state index contributed by atoms with van der Waals surface area (Å²) in [7, 11) is 1.35. The summed E-state index contributed by atoms with van der Waals surface area (Å²) < 4.78 is 4.65. The fourth-order valence-electron chi connectivity index (χ4n) is 3.07. The highest BCUT2D eigenvalue weighted by molar-refractivity contribution is 5.96. The number of benzene rings is 1. The van der Waals surface area contributed by atoms with Crippen LogP contribution in [0.1, 0.15) is 20.7 Å². The zero-order valence-electron chi connectivity index (χ0n) is 11.5. The molecule has 2 fully saturated rings. The van der Waals surface area contributed by atoms with E-state index in [9.17, 15) is 9.59 Å². The minimum Gasteiger partial charge on any atom is -0.465 e. The quantitative estimate of drug-likeness (QED) is 0.809. The van der Waals surface area contributed by atoms with Gasteiger partial charge in [-0.25, -0.2) is 4.79 Å². The van der Waals surface area contributed by atoms with E-state index in [2.05, 4.69) is 10.1 Å². The highest BCUT2D eigenvalue weighted by Gasteiger charge is 2.38. The smallest absolute Gasteiger partial charge is 0.337 e. The van der Waals surface area contributed by atoms with Crippen molar-refractivity contribution < 1.29 is 14.3 Å². The molecule has 2 aliphatic heterocycles. The molecule has 1 amide bonds. The van der Waals surface area contributed by atoms with E-state index in [0.717, 1.165) is 26.2 Å². The summed E-state index contributed by atoms with van der Waals surface area (Å²) in [6, 6.07) is 6.66. The van der Waals surface area contributed by atoms with Crippen LogP contribution >= 0.6 is 0 Å². The Bertz CT molecular complexity index is 514. The van der Waals surface area contributed by atoms with Gasteiger partial charge in [-0.1, -0.05) is 0 Å². The summed E-state index contributed by atoms with van der Waals surface area (Å²) in [4.78, 5) is 25.7. The van der Waals surface area contributed by atoms with Gasteiger partial charge >= 0.3 is 5.97 Å². The average Bonchev–Trinajstić information content (AvgIpc) is 3.07. The second-order valence-electron chi connectivity index (χ2n) is 5.46. The molecule has 0 radical (unpaired) electrons. The van der Waals surface area contributed by atoms with Gasteiger partial charge in [-0.15, -0.1) is 0 Å². The first-order chi connectivity index (χ1) is 9.69. The summed E-state index contributed by atoms with van der Waals surface area (Å²) in [5, 5.41) is 3.36. The molecule has 2 saturated heterocycles. The predicted molar refractivity (Wildman–Crippen MR) is 73.5 cm³/mol. The number of hydrogen-bond acceptors (Lipinski definition) is 4. The van der Waals surface area contributed by atoms with Crippen LogP contribution in [-0.4, -0.2) is 50.1 Å². The number of rotatable bonds is 2. The van der Waals surface area contributed by atoms with Crippen LogP contribution in [0.3, 0.4) is 0 Å². The summed E-state index contributed by atoms with van der Waals surface area (Å²) in [5.41, 5.74) is 1.09. The summed E-state index contributed by atoms with van der Waals surface area (Å²) in [5.74, 6) is 0.850. The summed E-state index contributed by atoms with van der Waals surface area (Å²) in [6.45, 7) is 3.68. The SMILES string of the molecule is COC(=O)c1ccc(C(=O)N2C[C@H]3CNC[C@H]3C2)cc1. The van der Waals surface area contributed by atoms with E-state index in [1.54, 1.807) is 24.3 Å². The molecule has 0 bridgehead atoms. The molecule has 0 unspecified atom stereocenters. The van der Waals surface area contributed by atoms with Gasteiger partial charge in [-0.05, 0) is 36.1 Å². The second kappa shape index (κ2) is 5.25. The Morgan fingerprint density at radius 3 is 2.20 bits per heavy atom. The standard InChI is InChI=1S/C15H18N2O3/c1-20-15(19)11-4-2-10(3-5-11)14(18)17-8-12-6-16-7-13(12)9-17/h2-5,12-13,16H,6-9H2,1H3/t12-,13+. The molecule has 20 heavy (non-hydrogen) atoms. The number of nitrogens with zero attached hydrogens (tertiary/aromatic N) is 1.